The molecular formula is C23H29ClN4O2. The van der Waals surface area contributed by atoms with Crippen LogP contribution >= 0.6 is 11.6 Å². The van der Waals surface area contributed by atoms with Gasteiger partial charge in [0.15, 0.2) is 0 Å². The molecule has 1 aliphatic rings. The number of piperazine rings is 1. The third-order valence-corrected chi connectivity index (χ3v) is 5.76. The molecule has 0 aromatic heterocycles. The molecule has 6 nitrogen and oxygen atoms in total. The van der Waals surface area contributed by atoms with Crippen molar-refractivity contribution >= 4 is 40.5 Å². The van der Waals surface area contributed by atoms with Crippen LogP contribution in [0.2, 0.25) is 5.02 Å². The van der Waals surface area contributed by atoms with Gasteiger partial charge in [0.25, 0.3) is 0 Å². The Balaban J connectivity index is 1.58. The summed E-state index contributed by atoms with van der Waals surface area (Å²) in [7, 11) is 0. The van der Waals surface area contributed by atoms with E-state index < -0.39 is 11.8 Å². The second-order valence-corrected chi connectivity index (χ2v) is 7.82. The summed E-state index contributed by atoms with van der Waals surface area (Å²) in [6, 6.07) is 13.5. The van der Waals surface area contributed by atoms with Crippen molar-refractivity contribution in [3.05, 3.63) is 53.1 Å². The maximum absolute atomic E-state index is 12.6. The molecule has 0 radical (unpaired) electrons. The lowest BCUT2D eigenvalue weighted by Crippen LogP contribution is -2.51. The normalized spacial score (nSPS) is 13.9. The Labute approximate surface area is 183 Å². The van der Waals surface area contributed by atoms with Crippen LogP contribution in [0.1, 0.15) is 19.4 Å². The lowest BCUT2D eigenvalue weighted by atomic mass is 10.1. The molecule has 1 saturated heterocycles. The van der Waals surface area contributed by atoms with Gasteiger partial charge in [-0.25, -0.2) is 0 Å². The van der Waals surface area contributed by atoms with Crippen molar-refractivity contribution in [2.24, 2.45) is 0 Å². The minimum atomic E-state index is -0.593. The molecule has 7 heteroatoms. The first kappa shape index (κ1) is 22.0. The summed E-state index contributed by atoms with van der Waals surface area (Å²) < 4.78 is 0. The molecule has 1 aliphatic heterocycles. The summed E-state index contributed by atoms with van der Waals surface area (Å²) in [5.74, 6) is -1.09. The maximum atomic E-state index is 12.6. The van der Waals surface area contributed by atoms with Crippen LogP contribution in [-0.4, -0.2) is 56.0 Å². The fourth-order valence-corrected chi connectivity index (χ4v) is 3.92. The second kappa shape index (κ2) is 9.85. The average molecular weight is 429 g/mol. The van der Waals surface area contributed by atoms with Crippen molar-refractivity contribution in [1.29, 1.82) is 0 Å². The van der Waals surface area contributed by atoms with Crippen LogP contribution in [0.4, 0.5) is 17.1 Å². The van der Waals surface area contributed by atoms with Crippen molar-refractivity contribution in [3.8, 4) is 0 Å². The van der Waals surface area contributed by atoms with E-state index >= 15 is 0 Å². The number of rotatable bonds is 5. The van der Waals surface area contributed by atoms with E-state index in [1.54, 1.807) is 4.90 Å². The lowest BCUT2D eigenvalue weighted by Gasteiger charge is -2.35. The standard InChI is InChI=1S/C23H29ClN4O2/c1-4-26(5-2)20-9-10-21(17(3)15-20)25-22(29)23(30)28-13-11-27(12-14-28)19-8-6-7-18(24)16-19/h6-10,15-16H,4-5,11-14H2,1-3H3,(H,25,29). The van der Waals surface area contributed by atoms with E-state index in [9.17, 15) is 9.59 Å². The molecule has 160 valence electrons. The highest BCUT2D eigenvalue weighted by Crippen LogP contribution is 2.23. The van der Waals surface area contributed by atoms with Gasteiger partial charge in [-0.1, -0.05) is 17.7 Å². The van der Waals surface area contributed by atoms with Gasteiger partial charge in [-0.3, -0.25) is 9.59 Å². The monoisotopic (exact) mass is 428 g/mol. The summed E-state index contributed by atoms with van der Waals surface area (Å²) in [5.41, 5.74) is 3.75. The fraction of sp³-hybridized carbons (Fsp3) is 0.391. The van der Waals surface area contributed by atoms with Crippen LogP contribution in [-0.2, 0) is 9.59 Å². The lowest BCUT2D eigenvalue weighted by molar-refractivity contribution is -0.143. The van der Waals surface area contributed by atoms with Crippen molar-refractivity contribution < 1.29 is 9.59 Å². The molecule has 1 heterocycles. The number of hydrogen-bond donors (Lipinski definition) is 1. The van der Waals surface area contributed by atoms with Crippen LogP contribution in [0.15, 0.2) is 42.5 Å². The van der Waals surface area contributed by atoms with Crippen LogP contribution in [0, 0.1) is 6.92 Å². The first-order valence-electron chi connectivity index (χ1n) is 10.4. The zero-order chi connectivity index (χ0) is 21.7. The minimum Gasteiger partial charge on any atom is -0.372 e. The summed E-state index contributed by atoms with van der Waals surface area (Å²) in [6.45, 7) is 10.3. The SMILES string of the molecule is CCN(CC)c1ccc(NC(=O)C(=O)N2CCN(c3cccc(Cl)c3)CC2)c(C)c1. The first-order chi connectivity index (χ1) is 14.4. The summed E-state index contributed by atoms with van der Waals surface area (Å²) >= 11 is 6.07. The minimum absolute atomic E-state index is 0.493. The van der Waals surface area contributed by atoms with Crippen LogP contribution in [0.3, 0.4) is 0 Å². The van der Waals surface area contributed by atoms with Gasteiger partial charge in [0, 0.05) is 61.4 Å². The number of nitrogens with zero attached hydrogens (tertiary/aromatic N) is 3. The highest BCUT2D eigenvalue weighted by atomic mass is 35.5. The Morgan fingerprint density at radius 1 is 1.03 bits per heavy atom. The highest BCUT2D eigenvalue weighted by Gasteiger charge is 2.26. The molecule has 2 amide bonds. The van der Waals surface area contributed by atoms with E-state index in [0.29, 0.717) is 36.9 Å². The van der Waals surface area contributed by atoms with E-state index in [2.05, 4.69) is 29.0 Å². The molecule has 0 spiro atoms. The molecule has 2 aromatic carbocycles. The summed E-state index contributed by atoms with van der Waals surface area (Å²) in [5, 5.41) is 3.47. The molecule has 1 N–H and O–H groups in total. The number of anilines is 3. The Bertz CT molecular complexity index is 906. The first-order valence-corrected chi connectivity index (χ1v) is 10.8. The van der Waals surface area contributed by atoms with E-state index in [0.717, 1.165) is 30.0 Å². The van der Waals surface area contributed by atoms with Gasteiger partial charge in [0.1, 0.15) is 0 Å². The average Bonchev–Trinajstić information content (AvgIpc) is 2.76. The van der Waals surface area contributed by atoms with Crippen molar-refractivity contribution in [1.82, 2.24) is 4.90 Å². The summed E-state index contributed by atoms with van der Waals surface area (Å²) in [4.78, 5) is 31.2. The Hall–Kier alpha value is -2.73. The molecular weight excluding hydrogens is 400 g/mol. The van der Waals surface area contributed by atoms with Gasteiger partial charge in [0.05, 0.1) is 0 Å². The number of carbonyl (C=O) groups excluding carboxylic acids is 2. The molecule has 0 aliphatic carbocycles. The zero-order valence-corrected chi connectivity index (χ0v) is 18.6. The molecule has 0 bridgehead atoms. The molecule has 2 aromatic rings. The number of hydrogen-bond acceptors (Lipinski definition) is 4. The van der Waals surface area contributed by atoms with Crippen LogP contribution < -0.4 is 15.1 Å². The molecule has 0 atom stereocenters. The number of benzene rings is 2. The molecule has 1 fully saturated rings. The Morgan fingerprint density at radius 2 is 1.73 bits per heavy atom. The van der Waals surface area contributed by atoms with Crippen molar-refractivity contribution in [3.63, 3.8) is 0 Å². The van der Waals surface area contributed by atoms with Gasteiger partial charge >= 0.3 is 11.8 Å². The Morgan fingerprint density at radius 3 is 2.33 bits per heavy atom. The fourth-order valence-electron chi connectivity index (χ4n) is 3.73. The third kappa shape index (κ3) is 5.05. The number of amides is 2. The Kier molecular flexibility index (Phi) is 7.21. The van der Waals surface area contributed by atoms with Crippen molar-refractivity contribution in [2.75, 3.05) is 54.4 Å². The third-order valence-electron chi connectivity index (χ3n) is 5.52. The zero-order valence-electron chi connectivity index (χ0n) is 17.8. The maximum Gasteiger partial charge on any atom is 0.313 e. The topological polar surface area (TPSA) is 55.9 Å². The molecule has 0 unspecified atom stereocenters. The predicted molar refractivity (Wildman–Crippen MR) is 124 cm³/mol. The molecule has 3 rings (SSSR count). The van der Waals surface area contributed by atoms with E-state index in [-0.39, 0.29) is 0 Å². The predicted octanol–water partition coefficient (Wildman–Crippen LogP) is 3.78. The highest BCUT2D eigenvalue weighted by molar-refractivity contribution is 6.39. The van der Waals surface area contributed by atoms with E-state index in [4.69, 9.17) is 11.6 Å². The van der Waals surface area contributed by atoms with E-state index in [1.165, 1.54) is 0 Å². The summed E-state index contributed by atoms with van der Waals surface area (Å²) in [6.07, 6.45) is 0. The van der Waals surface area contributed by atoms with Crippen LogP contribution in [0.25, 0.3) is 0 Å². The smallest absolute Gasteiger partial charge is 0.313 e. The number of nitrogens with one attached hydrogen (secondary N) is 1. The van der Waals surface area contributed by atoms with E-state index in [1.807, 2.05) is 49.4 Å². The van der Waals surface area contributed by atoms with Crippen molar-refractivity contribution in [2.45, 2.75) is 20.8 Å². The van der Waals surface area contributed by atoms with Gasteiger partial charge < -0.3 is 20.0 Å². The van der Waals surface area contributed by atoms with Gasteiger partial charge in [-0.15, -0.1) is 0 Å². The van der Waals surface area contributed by atoms with Crippen LogP contribution in [0.5, 0.6) is 0 Å². The number of aryl methyl sites for hydroxylation is 1. The quantitative estimate of drug-likeness (QED) is 0.736. The number of carbonyl (C=O) groups is 2. The molecule has 30 heavy (non-hydrogen) atoms. The van der Waals surface area contributed by atoms with Gasteiger partial charge in [-0.2, -0.15) is 0 Å². The van der Waals surface area contributed by atoms with Gasteiger partial charge in [-0.05, 0) is 62.7 Å². The molecule has 0 saturated carbocycles. The van der Waals surface area contributed by atoms with Gasteiger partial charge in [0.2, 0.25) is 0 Å². The largest absolute Gasteiger partial charge is 0.372 e. The second-order valence-electron chi connectivity index (χ2n) is 7.38. The number of halogens is 1.